The second-order valence-electron chi connectivity index (χ2n) is 17.3. The largest absolute Gasteiger partial charge is 0.468 e. The SMILES string of the molecule is CNC(=O)[C@]1(C)CCN1c1nc(-c2cc(OCOC)cc3ccc(F)c(C#C[Si](C(C)C)(C(C)C)C(C)C)c23)c(F)c2nc(OC[C@@]34CCCN3C[C@H](F)C4)ncc12. The Balaban J connectivity index is 1.48. The van der Waals surface area contributed by atoms with Crippen LogP contribution in [0, 0.1) is 23.1 Å². The van der Waals surface area contributed by atoms with E-state index in [1.54, 1.807) is 25.2 Å². The second-order valence-corrected chi connectivity index (χ2v) is 22.9. The number of ether oxygens (including phenoxy) is 3. The Bertz CT molecular complexity index is 2280. The van der Waals surface area contributed by atoms with E-state index in [-0.39, 0.29) is 58.9 Å². The molecule has 0 radical (unpaired) electrons. The molecule has 3 aliphatic rings. The van der Waals surface area contributed by atoms with Crippen LogP contribution in [0.15, 0.2) is 30.5 Å². The quantitative estimate of drug-likeness (QED) is 0.0860. The maximum Gasteiger partial charge on any atom is 0.317 e. The van der Waals surface area contributed by atoms with Crippen molar-refractivity contribution >= 4 is 41.5 Å². The number of amides is 1. The number of hydrogen-bond donors (Lipinski definition) is 1. The number of carbonyl (C=O) groups is 1. The van der Waals surface area contributed by atoms with Crippen molar-refractivity contribution in [2.24, 2.45) is 0 Å². The number of halogens is 3. The smallest absolute Gasteiger partial charge is 0.317 e. The molecule has 2 aromatic carbocycles. The lowest BCUT2D eigenvalue weighted by Crippen LogP contribution is -2.66. The Morgan fingerprint density at radius 2 is 1.79 bits per heavy atom. The average Bonchev–Trinajstić information content (AvgIpc) is 3.72. The Hall–Kier alpha value is -4.45. The lowest BCUT2D eigenvalue weighted by atomic mass is 9.85. The topological polar surface area (TPSA) is 102 Å². The summed E-state index contributed by atoms with van der Waals surface area (Å²) in [6.45, 7) is 16.6. The van der Waals surface area contributed by atoms with Gasteiger partial charge in [-0.3, -0.25) is 9.69 Å². The molecule has 3 aliphatic heterocycles. The van der Waals surface area contributed by atoms with Gasteiger partial charge in [-0.05, 0) is 72.9 Å². The molecule has 3 fully saturated rings. The van der Waals surface area contributed by atoms with Crippen LogP contribution >= 0.6 is 0 Å². The van der Waals surface area contributed by atoms with Gasteiger partial charge < -0.3 is 24.4 Å². The number of hydrogen-bond acceptors (Lipinski definition) is 9. The van der Waals surface area contributed by atoms with E-state index >= 15 is 8.78 Å². The van der Waals surface area contributed by atoms with Crippen molar-refractivity contribution in [3.05, 3.63) is 47.7 Å². The van der Waals surface area contributed by atoms with Gasteiger partial charge in [0.25, 0.3) is 0 Å². The number of pyridine rings is 1. The minimum absolute atomic E-state index is 0.0623. The first-order valence-corrected chi connectivity index (χ1v) is 22.6. The lowest BCUT2D eigenvalue weighted by Gasteiger charge is -2.50. The molecule has 3 saturated heterocycles. The number of anilines is 1. The third-order valence-electron chi connectivity index (χ3n) is 13.2. The van der Waals surface area contributed by atoms with Crippen molar-refractivity contribution in [3.8, 4) is 34.5 Å². The molecule has 10 nitrogen and oxygen atoms in total. The van der Waals surface area contributed by atoms with Crippen LogP contribution in [0.2, 0.25) is 16.6 Å². The zero-order valence-corrected chi connectivity index (χ0v) is 36.1. The highest BCUT2D eigenvalue weighted by Crippen LogP contribution is 2.45. The number of likely N-dealkylation sites (N-methyl/N-ethyl adjacent to an activating group) is 1. The van der Waals surface area contributed by atoms with Crippen molar-refractivity contribution in [1.82, 2.24) is 25.2 Å². The number of carbonyl (C=O) groups excluding carboxylic acids is 1. The zero-order chi connectivity index (χ0) is 41.7. The molecular formula is C44H55F3N6O4Si. The third-order valence-corrected chi connectivity index (χ3v) is 19.5. The molecule has 0 unspecified atom stereocenters. The predicted octanol–water partition coefficient (Wildman–Crippen LogP) is 8.35. The molecule has 0 bridgehead atoms. The first kappa shape index (κ1) is 41.7. The molecule has 1 amide bonds. The molecule has 58 heavy (non-hydrogen) atoms. The van der Waals surface area contributed by atoms with Gasteiger partial charge in [-0.25, -0.2) is 23.1 Å². The molecule has 2 aromatic heterocycles. The predicted molar refractivity (Wildman–Crippen MR) is 224 cm³/mol. The normalized spacial score (nSPS) is 22.1. The van der Waals surface area contributed by atoms with Gasteiger partial charge >= 0.3 is 6.01 Å². The summed E-state index contributed by atoms with van der Waals surface area (Å²) in [7, 11) is 0.732. The Labute approximate surface area is 340 Å². The van der Waals surface area contributed by atoms with Gasteiger partial charge in [0, 0.05) is 50.8 Å². The van der Waals surface area contributed by atoms with Crippen molar-refractivity contribution in [3.63, 3.8) is 0 Å². The third kappa shape index (κ3) is 6.96. The van der Waals surface area contributed by atoms with Gasteiger partial charge in [-0.1, -0.05) is 53.5 Å². The van der Waals surface area contributed by atoms with Crippen LogP contribution in [0.5, 0.6) is 11.8 Å². The number of fused-ring (bicyclic) bond motifs is 3. The standard InChI is InChI=1S/C44H55F3N6O4Si/c1-26(2)58(27(3)4,28(5)6)18-13-32-35(46)12-11-29-19-31(57-25-55-9)20-33(36(29)32)38-37(47)39-34(40(50-38)53-17-15-43(53,7)41(54)48-8)22-49-42(51-39)56-24-44-14-10-16-52(44)23-30(45)21-44/h11-12,19-20,22,26-28,30H,10,14-17,21,23-25H2,1-9H3,(H,48,54)/t30-,43+,44+/m1/s1. The van der Waals surface area contributed by atoms with Gasteiger partial charge in [0.1, 0.15) is 55.0 Å². The van der Waals surface area contributed by atoms with Gasteiger partial charge in [-0.15, -0.1) is 5.54 Å². The molecule has 3 atom stereocenters. The van der Waals surface area contributed by atoms with Crippen molar-refractivity contribution in [1.29, 1.82) is 0 Å². The van der Waals surface area contributed by atoms with Crippen LogP contribution in [0.1, 0.15) is 79.7 Å². The van der Waals surface area contributed by atoms with Crippen LogP contribution in [-0.2, 0) is 9.53 Å². The van der Waals surface area contributed by atoms with Crippen molar-refractivity contribution < 1.29 is 32.2 Å². The minimum atomic E-state index is -2.34. The summed E-state index contributed by atoms with van der Waals surface area (Å²) in [5.41, 5.74) is 3.23. The van der Waals surface area contributed by atoms with E-state index in [0.29, 0.717) is 59.1 Å². The monoisotopic (exact) mass is 816 g/mol. The summed E-state index contributed by atoms with van der Waals surface area (Å²) in [6, 6.07) is 6.32. The molecule has 310 valence electrons. The van der Waals surface area contributed by atoms with Gasteiger partial charge in [0.05, 0.1) is 16.5 Å². The number of alkyl halides is 1. The Kier molecular flexibility index (Phi) is 11.5. The maximum atomic E-state index is 17.6. The molecule has 14 heteroatoms. The lowest BCUT2D eigenvalue weighted by molar-refractivity contribution is -0.127. The summed E-state index contributed by atoms with van der Waals surface area (Å²) < 4.78 is 65.9. The van der Waals surface area contributed by atoms with E-state index in [9.17, 15) is 9.18 Å². The summed E-state index contributed by atoms with van der Waals surface area (Å²) in [4.78, 5) is 31.4. The molecule has 0 spiro atoms. The van der Waals surface area contributed by atoms with Gasteiger partial charge in [-0.2, -0.15) is 4.98 Å². The molecule has 1 N–H and O–H groups in total. The molecular weight excluding hydrogens is 762 g/mol. The summed E-state index contributed by atoms with van der Waals surface area (Å²) >= 11 is 0. The summed E-state index contributed by atoms with van der Waals surface area (Å²) in [5.74, 6) is 2.41. The summed E-state index contributed by atoms with van der Waals surface area (Å²) in [6.07, 6.45) is 3.12. The van der Waals surface area contributed by atoms with E-state index < -0.39 is 37.0 Å². The van der Waals surface area contributed by atoms with E-state index in [0.717, 1.165) is 19.4 Å². The number of nitrogens with zero attached hydrogens (tertiary/aromatic N) is 5. The first-order chi connectivity index (χ1) is 27.6. The van der Waals surface area contributed by atoms with Crippen LogP contribution in [0.3, 0.4) is 0 Å². The highest BCUT2D eigenvalue weighted by Gasteiger charge is 2.50. The minimum Gasteiger partial charge on any atom is -0.468 e. The van der Waals surface area contributed by atoms with Crippen molar-refractivity contribution in [2.45, 2.75) is 108 Å². The first-order valence-electron chi connectivity index (χ1n) is 20.4. The van der Waals surface area contributed by atoms with E-state index in [4.69, 9.17) is 19.2 Å². The van der Waals surface area contributed by atoms with Crippen LogP contribution in [0.25, 0.3) is 32.9 Å². The number of nitrogens with one attached hydrogen (secondary N) is 1. The van der Waals surface area contributed by atoms with Crippen LogP contribution in [0.4, 0.5) is 19.0 Å². The number of benzene rings is 2. The average molecular weight is 817 g/mol. The Morgan fingerprint density at radius 1 is 1.05 bits per heavy atom. The van der Waals surface area contributed by atoms with Gasteiger partial charge in [0.15, 0.2) is 12.6 Å². The molecule has 7 rings (SSSR count). The zero-order valence-electron chi connectivity index (χ0n) is 35.1. The van der Waals surface area contributed by atoms with Crippen molar-refractivity contribution in [2.75, 3.05) is 52.1 Å². The molecule has 4 aromatic rings. The molecule has 0 aliphatic carbocycles. The fourth-order valence-corrected chi connectivity index (χ4v) is 15.3. The van der Waals surface area contributed by atoms with E-state index in [1.807, 2.05) is 11.8 Å². The molecule has 5 heterocycles. The number of aromatic nitrogens is 3. The highest BCUT2D eigenvalue weighted by atomic mass is 28.3. The Morgan fingerprint density at radius 3 is 2.45 bits per heavy atom. The number of rotatable bonds is 12. The van der Waals surface area contributed by atoms with Crippen LogP contribution < -0.4 is 19.7 Å². The number of methoxy groups -OCH3 is 1. The van der Waals surface area contributed by atoms with Gasteiger partial charge in [0.2, 0.25) is 5.91 Å². The summed E-state index contributed by atoms with van der Waals surface area (Å²) in [5, 5.41) is 3.97. The van der Waals surface area contributed by atoms with E-state index in [2.05, 4.69) is 73.2 Å². The maximum absolute atomic E-state index is 17.6. The molecule has 0 saturated carbocycles. The highest BCUT2D eigenvalue weighted by molar-refractivity contribution is 6.90. The fraction of sp³-hybridized carbons (Fsp3) is 0.545. The van der Waals surface area contributed by atoms with E-state index in [1.165, 1.54) is 19.4 Å². The second kappa shape index (κ2) is 16.0. The van der Waals surface area contributed by atoms with Crippen LogP contribution in [-0.4, -0.2) is 98.3 Å². The fourth-order valence-electron chi connectivity index (χ4n) is 10.1.